The first kappa shape index (κ1) is 12.5. The number of thiazole rings is 1. The van der Waals surface area contributed by atoms with Crippen molar-refractivity contribution in [3.05, 3.63) is 40.0 Å². The molecule has 0 aliphatic rings. The molecular formula is C11H13N5OS. The molecule has 0 spiro atoms. The van der Waals surface area contributed by atoms with Crippen LogP contribution in [0.25, 0.3) is 0 Å². The molecule has 2 rings (SSSR count). The first-order chi connectivity index (χ1) is 8.69. The third-order valence-electron chi connectivity index (χ3n) is 2.24. The Kier molecular flexibility index (Phi) is 3.85. The topological polar surface area (TPSA) is 92.9 Å². The van der Waals surface area contributed by atoms with Gasteiger partial charge in [0.15, 0.2) is 0 Å². The summed E-state index contributed by atoms with van der Waals surface area (Å²) in [6.07, 6.45) is 3.31. The van der Waals surface area contributed by atoms with Crippen molar-refractivity contribution in [1.29, 1.82) is 0 Å². The van der Waals surface area contributed by atoms with Crippen molar-refractivity contribution in [2.24, 2.45) is 5.84 Å². The Labute approximate surface area is 108 Å². The number of hydrogen-bond donors (Lipinski definition) is 3. The van der Waals surface area contributed by atoms with Gasteiger partial charge in [-0.3, -0.25) is 4.79 Å². The van der Waals surface area contributed by atoms with E-state index in [1.165, 1.54) is 6.20 Å². The van der Waals surface area contributed by atoms with E-state index in [0.29, 0.717) is 17.9 Å². The lowest BCUT2D eigenvalue weighted by Crippen LogP contribution is -2.23. The molecule has 1 amide bonds. The summed E-state index contributed by atoms with van der Waals surface area (Å²) in [6.45, 7) is 2.40. The van der Waals surface area contributed by atoms with E-state index in [1.54, 1.807) is 29.7 Å². The molecule has 0 aromatic carbocycles. The van der Waals surface area contributed by atoms with Gasteiger partial charge in [0, 0.05) is 22.8 Å². The molecule has 0 radical (unpaired) electrons. The van der Waals surface area contributed by atoms with Gasteiger partial charge in [-0.25, -0.2) is 15.8 Å². The first-order valence-electron chi connectivity index (χ1n) is 5.31. The highest BCUT2D eigenvalue weighted by atomic mass is 32.1. The fraction of sp³-hybridized carbons (Fsp3) is 0.182. The maximum atomic E-state index is 11.9. The number of pyridine rings is 1. The third kappa shape index (κ3) is 3.02. The van der Waals surface area contributed by atoms with Crippen molar-refractivity contribution in [3.63, 3.8) is 0 Å². The smallest absolute Gasteiger partial charge is 0.251 e. The number of rotatable bonds is 4. The maximum Gasteiger partial charge on any atom is 0.251 e. The molecule has 0 fully saturated rings. The number of amides is 1. The average Bonchev–Trinajstić information content (AvgIpc) is 2.82. The number of aromatic nitrogens is 2. The van der Waals surface area contributed by atoms with Crippen LogP contribution in [0.4, 0.5) is 5.82 Å². The van der Waals surface area contributed by atoms with Crippen LogP contribution in [-0.4, -0.2) is 15.9 Å². The minimum Gasteiger partial charge on any atom is -0.346 e. The number of anilines is 1. The van der Waals surface area contributed by atoms with Crippen molar-refractivity contribution < 1.29 is 4.79 Å². The number of nitrogen functional groups attached to an aromatic ring is 1. The summed E-state index contributed by atoms with van der Waals surface area (Å²) in [5, 5.41) is 3.67. The molecule has 0 aliphatic heterocycles. The van der Waals surface area contributed by atoms with E-state index in [-0.39, 0.29) is 5.91 Å². The minimum absolute atomic E-state index is 0.179. The normalized spacial score (nSPS) is 10.1. The number of carbonyl (C=O) groups excluding carboxylic acids is 1. The van der Waals surface area contributed by atoms with Gasteiger partial charge in [-0.15, -0.1) is 11.3 Å². The molecule has 2 heterocycles. The molecule has 0 unspecified atom stereocenters. The average molecular weight is 263 g/mol. The molecule has 0 saturated carbocycles. The lowest BCUT2D eigenvalue weighted by atomic mass is 10.2. The fourth-order valence-corrected chi connectivity index (χ4v) is 2.12. The second-order valence-corrected chi connectivity index (χ2v) is 4.94. The van der Waals surface area contributed by atoms with Crippen LogP contribution in [-0.2, 0) is 6.54 Å². The Morgan fingerprint density at radius 3 is 3.00 bits per heavy atom. The van der Waals surface area contributed by atoms with Gasteiger partial charge in [0.25, 0.3) is 5.91 Å². The van der Waals surface area contributed by atoms with Crippen molar-refractivity contribution in [2.75, 3.05) is 5.43 Å². The fourth-order valence-electron chi connectivity index (χ4n) is 1.39. The molecule has 18 heavy (non-hydrogen) atoms. The molecule has 0 aliphatic carbocycles. The highest BCUT2D eigenvalue weighted by molar-refractivity contribution is 7.11. The van der Waals surface area contributed by atoms with Gasteiger partial charge in [-0.2, -0.15) is 0 Å². The largest absolute Gasteiger partial charge is 0.346 e. The number of hydrazine groups is 1. The van der Waals surface area contributed by atoms with Crippen molar-refractivity contribution in [2.45, 2.75) is 13.5 Å². The summed E-state index contributed by atoms with van der Waals surface area (Å²) in [5.41, 5.74) is 2.90. The molecule has 7 heteroatoms. The van der Waals surface area contributed by atoms with E-state index in [1.807, 2.05) is 6.92 Å². The van der Waals surface area contributed by atoms with Crippen LogP contribution in [0, 0.1) is 6.92 Å². The lowest BCUT2D eigenvalue weighted by molar-refractivity contribution is 0.0951. The lowest BCUT2D eigenvalue weighted by Gasteiger charge is -2.04. The number of hydrogen-bond acceptors (Lipinski definition) is 6. The van der Waals surface area contributed by atoms with Crippen molar-refractivity contribution >= 4 is 23.1 Å². The molecule has 0 saturated heterocycles. The summed E-state index contributed by atoms with van der Waals surface area (Å²) in [6, 6.07) is 3.21. The van der Waals surface area contributed by atoms with E-state index in [0.717, 1.165) is 9.88 Å². The van der Waals surface area contributed by atoms with Crippen LogP contribution in [0.3, 0.4) is 0 Å². The van der Waals surface area contributed by atoms with Crippen LogP contribution in [0.2, 0.25) is 0 Å². The number of nitrogens with zero attached hydrogens (tertiary/aromatic N) is 2. The second-order valence-electron chi connectivity index (χ2n) is 3.62. The van der Waals surface area contributed by atoms with Gasteiger partial charge >= 0.3 is 0 Å². The number of aryl methyl sites for hydroxylation is 1. The predicted molar refractivity (Wildman–Crippen MR) is 70.1 cm³/mol. The molecule has 2 aromatic heterocycles. The minimum atomic E-state index is -0.179. The summed E-state index contributed by atoms with van der Waals surface area (Å²) >= 11 is 1.56. The van der Waals surface area contributed by atoms with Crippen LogP contribution >= 0.6 is 11.3 Å². The summed E-state index contributed by atoms with van der Waals surface area (Å²) in [7, 11) is 0. The number of nitrogens with one attached hydrogen (secondary N) is 2. The van der Waals surface area contributed by atoms with E-state index in [2.05, 4.69) is 20.7 Å². The van der Waals surface area contributed by atoms with Gasteiger partial charge in [-0.05, 0) is 19.1 Å². The predicted octanol–water partition coefficient (Wildman–Crippen LogP) is 1.06. The van der Waals surface area contributed by atoms with Crippen LogP contribution in [0.5, 0.6) is 0 Å². The Bertz CT molecular complexity index is 554. The Morgan fingerprint density at radius 2 is 2.33 bits per heavy atom. The second kappa shape index (κ2) is 5.56. The SMILES string of the molecule is Cc1cnc(CNC(=O)c2ccnc(NN)c2)s1. The molecular weight excluding hydrogens is 250 g/mol. The van der Waals surface area contributed by atoms with Gasteiger partial charge in [-0.1, -0.05) is 0 Å². The third-order valence-corrected chi connectivity index (χ3v) is 3.15. The summed E-state index contributed by atoms with van der Waals surface area (Å²) in [5.74, 6) is 5.51. The zero-order chi connectivity index (χ0) is 13.0. The summed E-state index contributed by atoms with van der Waals surface area (Å²) < 4.78 is 0. The molecule has 94 valence electrons. The summed E-state index contributed by atoms with van der Waals surface area (Å²) in [4.78, 5) is 21.1. The van der Waals surface area contributed by atoms with Crippen LogP contribution in [0.15, 0.2) is 24.5 Å². The highest BCUT2D eigenvalue weighted by Gasteiger charge is 2.07. The van der Waals surface area contributed by atoms with Crippen molar-refractivity contribution in [3.8, 4) is 0 Å². The van der Waals surface area contributed by atoms with Crippen LogP contribution in [0.1, 0.15) is 20.2 Å². The van der Waals surface area contributed by atoms with E-state index in [4.69, 9.17) is 5.84 Å². The highest BCUT2D eigenvalue weighted by Crippen LogP contribution is 2.11. The maximum absolute atomic E-state index is 11.9. The molecule has 0 atom stereocenters. The Balaban J connectivity index is 1.99. The van der Waals surface area contributed by atoms with E-state index >= 15 is 0 Å². The van der Waals surface area contributed by atoms with Gasteiger partial charge in [0.1, 0.15) is 10.8 Å². The van der Waals surface area contributed by atoms with Gasteiger partial charge < -0.3 is 10.7 Å². The standard InChI is InChI=1S/C11H13N5OS/c1-7-5-14-10(18-7)6-15-11(17)8-2-3-13-9(4-8)16-12/h2-5H,6,12H2,1H3,(H,13,16)(H,15,17). The number of carbonyl (C=O) groups is 1. The van der Waals surface area contributed by atoms with E-state index < -0.39 is 0 Å². The van der Waals surface area contributed by atoms with Gasteiger partial charge in [0.05, 0.1) is 6.54 Å². The Morgan fingerprint density at radius 1 is 1.50 bits per heavy atom. The molecule has 4 N–H and O–H groups in total. The quantitative estimate of drug-likeness (QED) is 0.566. The molecule has 0 bridgehead atoms. The number of nitrogens with two attached hydrogens (primary N) is 1. The first-order valence-corrected chi connectivity index (χ1v) is 6.13. The van der Waals surface area contributed by atoms with E-state index in [9.17, 15) is 4.79 Å². The zero-order valence-corrected chi connectivity index (χ0v) is 10.6. The molecule has 6 nitrogen and oxygen atoms in total. The van der Waals surface area contributed by atoms with Gasteiger partial charge in [0.2, 0.25) is 0 Å². The zero-order valence-electron chi connectivity index (χ0n) is 9.80. The monoisotopic (exact) mass is 263 g/mol. The van der Waals surface area contributed by atoms with Crippen LogP contribution < -0.4 is 16.6 Å². The molecule has 2 aromatic rings. The Hall–Kier alpha value is -1.99. The van der Waals surface area contributed by atoms with Crippen molar-refractivity contribution in [1.82, 2.24) is 15.3 Å².